The first-order valence-electron chi connectivity index (χ1n) is 6.80. The van der Waals surface area contributed by atoms with Crippen LogP contribution in [0.15, 0.2) is 52.8 Å². The second-order valence-corrected chi connectivity index (χ2v) is 4.89. The predicted octanol–water partition coefficient (Wildman–Crippen LogP) is 4.17. The van der Waals surface area contributed by atoms with Gasteiger partial charge in [-0.2, -0.15) is 13.2 Å². The van der Waals surface area contributed by atoms with E-state index in [1.54, 1.807) is 0 Å². The zero-order valence-corrected chi connectivity index (χ0v) is 12.3. The van der Waals surface area contributed by atoms with Crippen LogP contribution < -0.4 is 0 Å². The Morgan fingerprint density at radius 2 is 1.84 bits per heavy atom. The summed E-state index contributed by atoms with van der Waals surface area (Å²) in [5.41, 5.74) is -2.12. The number of carboxylic acids is 1. The Morgan fingerprint density at radius 3 is 2.52 bits per heavy atom. The molecule has 10 heteroatoms. The van der Waals surface area contributed by atoms with E-state index in [4.69, 9.17) is 0 Å². The molecule has 0 spiro atoms. The number of aromatic hydroxyl groups is 1. The van der Waals surface area contributed by atoms with E-state index in [-0.39, 0.29) is 17.2 Å². The summed E-state index contributed by atoms with van der Waals surface area (Å²) in [6, 6.07) is 7.19. The van der Waals surface area contributed by atoms with Crippen LogP contribution in [0.2, 0.25) is 0 Å². The fraction of sp³-hybridized carbons (Fsp3) is 0.0667. The van der Waals surface area contributed by atoms with Gasteiger partial charge in [-0.15, -0.1) is 10.2 Å². The fourth-order valence-electron chi connectivity index (χ4n) is 2.18. The Hall–Kier alpha value is -3.43. The maximum Gasteiger partial charge on any atom is 0.418 e. The van der Waals surface area contributed by atoms with Gasteiger partial charge in [-0.25, -0.2) is 9.78 Å². The molecule has 0 bridgehead atoms. The highest BCUT2D eigenvalue weighted by Gasteiger charge is 2.33. The van der Waals surface area contributed by atoms with Crippen LogP contribution >= 0.6 is 0 Å². The summed E-state index contributed by atoms with van der Waals surface area (Å²) in [7, 11) is 0. The Balaban J connectivity index is 2.16. The quantitative estimate of drug-likeness (QED) is 0.692. The molecule has 0 radical (unpaired) electrons. The lowest BCUT2D eigenvalue weighted by Crippen LogP contribution is -2.04. The molecule has 0 saturated carbocycles. The third-order valence-electron chi connectivity index (χ3n) is 3.27. The fourth-order valence-corrected chi connectivity index (χ4v) is 2.18. The van der Waals surface area contributed by atoms with Crippen LogP contribution in [0.5, 0.6) is 5.75 Å². The van der Waals surface area contributed by atoms with E-state index in [0.717, 1.165) is 16.5 Å². The molecule has 1 aromatic carbocycles. The molecule has 2 aromatic heterocycles. The van der Waals surface area contributed by atoms with Crippen LogP contribution in [0.3, 0.4) is 0 Å². The van der Waals surface area contributed by atoms with E-state index in [1.807, 2.05) is 0 Å². The number of rotatable bonds is 3. The second kappa shape index (κ2) is 5.89. The van der Waals surface area contributed by atoms with E-state index in [9.17, 15) is 28.2 Å². The monoisotopic (exact) mass is 350 g/mol. The molecule has 3 aromatic rings. The Morgan fingerprint density at radius 1 is 1.12 bits per heavy atom. The molecule has 0 aliphatic carbocycles. The molecule has 2 heterocycles. The zero-order chi connectivity index (χ0) is 18.2. The highest BCUT2D eigenvalue weighted by atomic mass is 19.4. The van der Waals surface area contributed by atoms with Crippen LogP contribution in [0, 0.1) is 0 Å². The summed E-state index contributed by atoms with van der Waals surface area (Å²) in [4.78, 5) is 15.0. The van der Waals surface area contributed by atoms with Crippen molar-refractivity contribution in [2.75, 3.05) is 0 Å². The maximum absolute atomic E-state index is 13.0. The molecule has 0 aliphatic rings. The molecule has 0 atom stereocenters. The van der Waals surface area contributed by atoms with E-state index in [1.165, 1.54) is 30.5 Å². The molecular formula is C15H9F3N4O3. The number of pyridine rings is 1. The number of azo groups is 1. The standard InChI is InChI=1S/C15H9F3N4O3/c16-15(17,18)8-4-1-2-5-9(8)20-21-13-11(14(24)25)19-12-10(23)6-3-7-22(12)13/h1-7,23H,(H,24,25). The number of alkyl halides is 3. The van der Waals surface area contributed by atoms with Gasteiger partial charge in [0.1, 0.15) is 0 Å². The number of nitrogens with zero attached hydrogens (tertiary/aromatic N) is 4. The highest BCUT2D eigenvalue weighted by molar-refractivity contribution is 5.92. The van der Waals surface area contributed by atoms with Crippen LogP contribution in [0.4, 0.5) is 24.7 Å². The maximum atomic E-state index is 13.0. The Bertz CT molecular complexity index is 995. The van der Waals surface area contributed by atoms with Crippen LogP contribution in [0.1, 0.15) is 16.1 Å². The minimum Gasteiger partial charge on any atom is -0.504 e. The average Bonchev–Trinajstić information content (AvgIpc) is 2.93. The van der Waals surface area contributed by atoms with Crippen LogP contribution in [-0.4, -0.2) is 25.6 Å². The van der Waals surface area contributed by atoms with Crippen LogP contribution in [0.25, 0.3) is 5.65 Å². The lowest BCUT2D eigenvalue weighted by molar-refractivity contribution is -0.137. The van der Waals surface area contributed by atoms with Crippen LogP contribution in [-0.2, 0) is 6.18 Å². The molecule has 0 aliphatic heterocycles. The van der Waals surface area contributed by atoms with E-state index in [2.05, 4.69) is 15.2 Å². The van der Waals surface area contributed by atoms with Crippen molar-refractivity contribution in [3.05, 3.63) is 53.9 Å². The molecule has 7 nitrogen and oxygen atoms in total. The van der Waals surface area contributed by atoms with Gasteiger partial charge in [0, 0.05) is 6.20 Å². The number of aromatic nitrogens is 2. The first kappa shape index (κ1) is 16.4. The summed E-state index contributed by atoms with van der Waals surface area (Å²) in [6.45, 7) is 0. The highest BCUT2D eigenvalue weighted by Crippen LogP contribution is 2.37. The van der Waals surface area contributed by atoms with Gasteiger partial charge in [-0.1, -0.05) is 12.1 Å². The summed E-state index contributed by atoms with van der Waals surface area (Å²) >= 11 is 0. The largest absolute Gasteiger partial charge is 0.504 e. The number of carbonyl (C=O) groups is 1. The number of carboxylic acid groups (broad SMARTS) is 1. The minimum atomic E-state index is -4.64. The number of halogens is 3. The van der Waals surface area contributed by atoms with Crippen molar-refractivity contribution in [1.29, 1.82) is 0 Å². The Labute approximate surface area is 137 Å². The van der Waals surface area contributed by atoms with Crippen molar-refractivity contribution < 1.29 is 28.2 Å². The molecular weight excluding hydrogens is 341 g/mol. The third kappa shape index (κ3) is 3.01. The number of hydrogen-bond donors (Lipinski definition) is 2. The van der Waals surface area contributed by atoms with Crippen molar-refractivity contribution in [2.24, 2.45) is 10.2 Å². The van der Waals surface area contributed by atoms with Crippen molar-refractivity contribution >= 4 is 23.1 Å². The average molecular weight is 350 g/mol. The first-order chi connectivity index (χ1) is 11.8. The molecule has 25 heavy (non-hydrogen) atoms. The number of hydrogen-bond acceptors (Lipinski definition) is 5. The predicted molar refractivity (Wildman–Crippen MR) is 79.4 cm³/mol. The third-order valence-corrected chi connectivity index (χ3v) is 3.27. The van der Waals surface area contributed by atoms with Gasteiger partial charge in [0.25, 0.3) is 0 Å². The van der Waals surface area contributed by atoms with Gasteiger partial charge >= 0.3 is 12.1 Å². The lowest BCUT2D eigenvalue weighted by Gasteiger charge is -2.08. The SMILES string of the molecule is O=C(O)c1nc2c(O)cccn2c1N=Nc1ccccc1C(F)(F)F. The van der Waals surface area contributed by atoms with Crippen molar-refractivity contribution in [2.45, 2.75) is 6.18 Å². The number of aromatic carboxylic acids is 1. The van der Waals surface area contributed by atoms with E-state index < -0.39 is 29.1 Å². The van der Waals surface area contributed by atoms with Crippen molar-refractivity contribution in [3.63, 3.8) is 0 Å². The molecule has 0 saturated heterocycles. The lowest BCUT2D eigenvalue weighted by atomic mass is 10.2. The molecule has 0 amide bonds. The van der Waals surface area contributed by atoms with Gasteiger partial charge in [-0.05, 0) is 24.3 Å². The van der Waals surface area contributed by atoms with E-state index >= 15 is 0 Å². The summed E-state index contributed by atoms with van der Waals surface area (Å²) in [5.74, 6) is -2.07. The van der Waals surface area contributed by atoms with Gasteiger partial charge in [0.05, 0.1) is 11.3 Å². The summed E-state index contributed by atoms with van der Waals surface area (Å²) in [6.07, 6.45) is -3.28. The molecule has 3 rings (SSSR count). The topological polar surface area (TPSA) is 99.5 Å². The minimum absolute atomic E-state index is 0.0991. The number of imidazole rings is 1. The van der Waals surface area contributed by atoms with Gasteiger partial charge < -0.3 is 10.2 Å². The van der Waals surface area contributed by atoms with Crippen molar-refractivity contribution in [1.82, 2.24) is 9.38 Å². The van der Waals surface area contributed by atoms with Gasteiger partial charge in [0.15, 0.2) is 22.9 Å². The summed E-state index contributed by atoms with van der Waals surface area (Å²) < 4.78 is 40.1. The molecule has 0 unspecified atom stereocenters. The smallest absolute Gasteiger partial charge is 0.418 e. The summed E-state index contributed by atoms with van der Waals surface area (Å²) in [5, 5.41) is 26.1. The first-order valence-corrected chi connectivity index (χ1v) is 6.80. The van der Waals surface area contributed by atoms with Crippen molar-refractivity contribution in [3.8, 4) is 5.75 Å². The molecule has 2 N–H and O–H groups in total. The van der Waals surface area contributed by atoms with Gasteiger partial charge in [-0.3, -0.25) is 4.40 Å². The molecule has 128 valence electrons. The molecule has 0 fully saturated rings. The zero-order valence-electron chi connectivity index (χ0n) is 12.3. The second-order valence-electron chi connectivity index (χ2n) is 4.89. The van der Waals surface area contributed by atoms with E-state index in [0.29, 0.717) is 0 Å². The number of benzene rings is 1. The number of fused-ring (bicyclic) bond motifs is 1. The normalized spacial score (nSPS) is 12.1. The van der Waals surface area contributed by atoms with Gasteiger partial charge in [0.2, 0.25) is 0 Å². The Kier molecular flexibility index (Phi) is 3.87.